The quantitative estimate of drug-likeness (QED) is 0.343. The molecule has 26 valence electrons. The lowest BCUT2D eigenvalue weighted by atomic mass is 13.9. The van der Waals surface area contributed by atoms with Crippen LogP contribution in [0.3, 0.4) is 0 Å². The molecule has 0 N–H and O–H groups in total. The molecule has 0 aliphatic heterocycles. The largest absolute Gasteiger partial charge is 0.117 e. The van der Waals surface area contributed by atoms with Crippen molar-refractivity contribution in [2.24, 2.45) is 0 Å². The molecule has 0 rings (SSSR count). The van der Waals surface area contributed by atoms with Crippen molar-refractivity contribution in [3.63, 3.8) is 0 Å². The average molecular weight is 118 g/mol. The summed E-state index contributed by atoms with van der Waals surface area (Å²) >= 11 is 9.67. The maximum atomic E-state index is 4.84. The minimum atomic E-state index is 0.861. The second-order valence-electron chi connectivity index (χ2n) is 0.259. The highest BCUT2D eigenvalue weighted by Crippen LogP contribution is 2.03. The Morgan fingerprint density at radius 2 is 1.50 bits per heavy atom. The molecule has 0 aromatic heterocycles. The number of nitrogens with zero attached hydrogens (tertiary/aromatic N) is 1. The highest BCUT2D eigenvalue weighted by atomic mass is 35.5. The number of rotatable bonds is 0. The fraction of sp³-hybridized carbons (Fsp3) is 0. The molecule has 0 saturated heterocycles. The van der Waals surface area contributed by atoms with E-state index < -0.39 is 0 Å². The summed E-state index contributed by atoms with van der Waals surface area (Å²) in [5, 5.41) is 0. The van der Waals surface area contributed by atoms with Crippen molar-refractivity contribution in [3.8, 4) is 0 Å². The number of halogens is 2. The summed E-state index contributed by atoms with van der Waals surface area (Å²) in [5.41, 5.74) is 0. The second kappa shape index (κ2) is 2.22. The van der Waals surface area contributed by atoms with Gasteiger partial charge >= 0.3 is 0 Å². The third kappa shape index (κ3) is 12.3. The molecular formula is H2Cl2NP. The summed E-state index contributed by atoms with van der Waals surface area (Å²) in [5.74, 6) is 0. The predicted octanol–water partition coefficient (Wildman–Crippen LogP) is 1.39. The molecule has 0 saturated carbocycles. The molecule has 0 heterocycles. The van der Waals surface area contributed by atoms with Gasteiger partial charge in [-0.3, -0.25) is 0 Å². The van der Waals surface area contributed by atoms with Crippen molar-refractivity contribution in [3.05, 3.63) is 0 Å². The smallest absolute Gasteiger partial charge is 0.00141 e. The molecular weight excluding hydrogens is 116 g/mol. The molecule has 0 spiro atoms. The van der Waals surface area contributed by atoms with Gasteiger partial charge in [-0.05, 0) is 32.9 Å². The van der Waals surface area contributed by atoms with Crippen LogP contribution in [0.1, 0.15) is 0 Å². The zero-order valence-corrected chi connectivity index (χ0v) is 4.45. The average Bonchev–Trinajstić information content (AvgIpc) is 0.811. The van der Waals surface area contributed by atoms with Crippen molar-refractivity contribution in [2.75, 3.05) is 0 Å². The Kier molecular flexibility index (Phi) is 2.76. The van der Waals surface area contributed by atoms with Crippen LogP contribution in [0.4, 0.5) is 0 Å². The zero-order chi connectivity index (χ0) is 3.58. The molecule has 1 nitrogen and oxygen atoms in total. The van der Waals surface area contributed by atoms with Gasteiger partial charge in [-0.15, -0.1) is 3.71 Å². The highest BCUT2D eigenvalue weighted by Gasteiger charge is 1.67. The van der Waals surface area contributed by atoms with E-state index in [1.54, 1.807) is 0 Å². The second-order valence-corrected chi connectivity index (χ2v) is 2.33. The molecule has 4 heavy (non-hydrogen) atoms. The van der Waals surface area contributed by atoms with E-state index in [9.17, 15) is 0 Å². The van der Waals surface area contributed by atoms with Crippen LogP contribution in [0.5, 0.6) is 0 Å². The lowest BCUT2D eigenvalue weighted by Gasteiger charge is -1.80. The molecule has 4 heteroatoms. The molecule has 0 aliphatic carbocycles. The van der Waals surface area contributed by atoms with Gasteiger partial charge in [0.15, 0.2) is 0 Å². The lowest BCUT2D eigenvalue weighted by Crippen LogP contribution is -1.60. The Balaban J connectivity index is 2.32. The van der Waals surface area contributed by atoms with Crippen LogP contribution in [0, 0.1) is 0 Å². The van der Waals surface area contributed by atoms with Crippen molar-refractivity contribution in [1.29, 1.82) is 0 Å². The summed E-state index contributed by atoms with van der Waals surface area (Å²) in [6.07, 6.45) is 0. The summed E-state index contributed by atoms with van der Waals surface area (Å²) in [4.78, 5) is 0. The van der Waals surface area contributed by atoms with Crippen molar-refractivity contribution in [2.45, 2.75) is 0 Å². The minimum Gasteiger partial charge on any atom is -0.117 e. The Morgan fingerprint density at radius 3 is 1.50 bits per heavy atom. The predicted molar refractivity (Wildman–Crippen MR) is 23.3 cm³/mol. The molecule has 1 unspecified atom stereocenters. The van der Waals surface area contributed by atoms with Gasteiger partial charge in [0.05, 0.1) is 0 Å². The van der Waals surface area contributed by atoms with Crippen LogP contribution < -0.4 is 0 Å². The van der Waals surface area contributed by atoms with Crippen LogP contribution in [0.15, 0.2) is 0 Å². The van der Waals surface area contributed by atoms with Crippen molar-refractivity contribution in [1.82, 2.24) is 3.71 Å². The van der Waals surface area contributed by atoms with Gasteiger partial charge in [-0.2, -0.15) is 0 Å². The summed E-state index contributed by atoms with van der Waals surface area (Å²) in [6, 6.07) is 0. The summed E-state index contributed by atoms with van der Waals surface area (Å²) < 4.78 is 0.861. The van der Waals surface area contributed by atoms with E-state index >= 15 is 0 Å². The Bertz CT molecular complexity index is 10.8. The first-order valence-electron chi connectivity index (χ1n) is 0.596. The van der Waals surface area contributed by atoms with E-state index in [1.807, 2.05) is 9.39 Å². The van der Waals surface area contributed by atoms with Gasteiger partial charge in [-0.1, -0.05) is 0 Å². The Labute approximate surface area is 37.4 Å². The Hall–Kier alpha value is 0.970. The van der Waals surface area contributed by atoms with Crippen LogP contribution in [0.25, 0.3) is 0 Å². The van der Waals surface area contributed by atoms with Gasteiger partial charge in [0.2, 0.25) is 0 Å². The van der Waals surface area contributed by atoms with Gasteiger partial charge in [-0.25, -0.2) is 0 Å². The van der Waals surface area contributed by atoms with Crippen LogP contribution in [0.2, 0.25) is 0 Å². The number of hydrogen-bond acceptors (Lipinski definition) is 1. The normalized spacial score (nSPS) is 9.00. The van der Waals surface area contributed by atoms with Gasteiger partial charge in [0.25, 0.3) is 0 Å². The first-order valence-corrected chi connectivity index (χ1v) is 1.79. The van der Waals surface area contributed by atoms with Crippen molar-refractivity contribution < 1.29 is 0 Å². The molecule has 0 aromatic carbocycles. The van der Waals surface area contributed by atoms with Crippen molar-refractivity contribution >= 4 is 32.9 Å². The molecule has 0 fully saturated rings. The van der Waals surface area contributed by atoms with E-state index in [-0.39, 0.29) is 0 Å². The maximum absolute atomic E-state index is 4.84. The van der Waals surface area contributed by atoms with Crippen LogP contribution >= 0.6 is 32.9 Å². The lowest BCUT2D eigenvalue weighted by molar-refractivity contribution is 1.23. The fourth-order valence-electron chi connectivity index (χ4n) is 0. The maximum Gasteiger partial charge on any atom is -0.00141 e. The van der Waals surface area contributed by atoms with E-state index in [4.69, 9.17) is 23.6 Å². The van der Waals surface area contributed by atoms with E-state index in [0.29, 0.717) is 0 Å². The third-order valence-corrected chi connectivity index (χ3v) is 0. The third-order valence-electron chi connectivity index (χ3n) is 0. The molecule has 0 bridgehead atoms. The molecule has 0 aromatic rings. The topological polar surface area (TPSA) is 3.24 Å². The van der Waals surface area contributed by atoms with Gasteiger partial charge in [0.1, 0.15) is 0 Å². The highest BCUT2D eigenvalue weighted by molar-refractivity contribution is 7.18. The van der Waals surface area contributed by atoms with E-state index in [2.05, 4.69) is 0 Å². The first kappa shape index (κ1) is 4.97. The van der Waals surface area contributed by atoms with Gasteiger partial charge in [0, 0.05) is 0 Å². The standard InChI is InChI=1S/Cl2H2NP/c1-3(2)4/h4H2. The summed E-state index contributed by atoms with van der Waals surface area (Å²) in [7, 11) is 2.02. The first-order chi connectivity index (χ1) is 1.73. The minimum absolute atomic E-state index is 0.861. The van der Waals surface area contributed by atoms with Crippen LogP contribution in [-0.2, 0) is 0 Å². The zero-order valence-electron chi connectivity index (χ0n) is 1.78. The fourth-order valence-corrected chi connectivity index (χ4v) is 0. The Morgan fingerprint density at radius 1 is 1.50 bits per heavy atom. The molecule has 0 amide bonds. The monoisotopic (exact) mass is 117 g/mol. The van der Waals surface area contributed by atoms with Gasteiger partial charge < -0.3 is 0 Å². The molecule has 1 atom stereocenters. The van der Waals surface area contributed by atoms with Crippen LogP contribution in [-0.4, -0.2) is 3.71 Å². The summed E-state index contributed by atoms with van der Waals surface area (Å²) in [6.45, 7) is 0. The SMILES string of the molecule is PN(Cl)Cl. The molecule has 0 aliphatic rings. The van der Waals surface area contributed by atoms with E-state index in [0.717, 1.165) is 3.71 Å². The number of hydrogen-bond donors (Lipinski definition) is 0. The molecule has 0 radical (unpaired) electrons. The van der Waals surface area contributed by atoms with E-state index in [1.165, 1.54) is 0 Å².